The number of aromatic nitrogens is 3. The van der Waals surface area contributed by atoms with E-state index >= 15 is 0 Å². The number of nitrogens with one attached hydrogen (secondary N) is 2. The molecule has 16 heavy (non-hydrogen) atoms. The lowest BCUT2D eigenvalue weighted by Gasteiger charge is -2.00. The van der Waals surface area contributed by atoms with E-state index in [-0.39, 0.29) is 0 Å². The van der Waals surface area contributed by atoms with Gasteiger partial charge >= 0.3 is 0 Å². The number of pyridine rings is 1. The van der Waals surface area contributed by atoms with Gasteiger partial charge in [-0.3, -0.25) is 4.98 Å². The Bertz CT molecular complexity index is 462. The second-order valence-electron chi connectivity index (χ2n) is 3.71. The fourth-order valence-corrected chi connectivity index (χ4v) is 1.56. The molecule has 2 N–H and O–H groups in total. The maximum atomic E-state index is 4.34. The van der Waals surface area contributed by atoms with Crippen LogP contribution in [0.25, 0.3) is 11.5 Å². The normalized spacial score (nSPS) is 10.6. The Morgan fingerprint density at radius 3 is 3.00 bits per heavy atom. The quantitative estimate of drug-likeness (QED) is 0.820. The number of rotatable bonds is 4. The molecule has 0 amide bonds. The zero-order valence-corrected chi connectivity index (χ0v) is 9.62. The third-order valence-electron chi connectivity index (χ3n) is 2.43. The van der Waals surface area contributed by atoms with Crippen LogP contribution in [-0.4, -0.2) is 21.5 Å². The Balaban J connectivity index is 2.22. The highest BCUT2D eigenvalue weighted by Crippen LogP contribution is 2.16. The molecule has 0 fully saturated rings. The van der Waals surface area contributed by atoms with Crippen LogP contribution in [0.4, 0.5) is 0 Å². The maximum absolute atomic E-state index is 4.34. The standard InChI is InChI=1S/C12H16N4/c1-3-13-7-10-8-15-12(16-10)11-9(2)5-4-6-14-11/h4-6,8,13H,3,7H2,1-2H3,(H,15,16). The molecule has 0 aromatic carbocycles. The molecule has 0 saturated heterocycles. The van der Waals surface area contributed by atoms with Gasteiger partial charge in [-0.1, -0.05) is 13.0 Å². The van der Waals surface area contributed by atoms with Gasteiger partial charge in [0, 0.05) is 18.4 Å². The van der Waals surface area contributed by atoms with Crippen molar-refractivity contribution >= 4 is 0 Å². The predicted octanol–water partition coefficient (Wildman–Crippen LogP) is 1.89. The van der Waals surface area contributed by atoms with Crippen LogP contribution in [0.15, 0.2) is 24.5 Å². The van der Waals surface area contributed by atoms with E-state index in [1.807, 2.05) is 25.3 Å². The average Bonchev–Trinajstić information content (AvgIpc) is 2.75. The molecule has 4 heteroatoms. The van der Waals surface area contributed by atoms with Crippen LogP contribution >= 0.6 is 0 Å². The summed E-state index contributed by atoms with van der Waals surface area (Å²) in [4.78, 5) is 11.9. The Labute approximate surface area is 95.1 Å². The van der Waals surface area contributed by atoms with Crippen molar-refractivity contribution in [2.75, 3.05) is 6.54 Å². The van der Waals surface area contributed by atoms with Gasteiger partial charge in [0.25, 0.3) is 0 Å². The van der Waals surface area contributed by atoms with Crippen molar-refractivity contribution in [3.8, 4) is 11.5 Å². The van der Waals surface area contributed by atoms with E-state index < -0.39 is 0 Å². The van der Waals surface area contributed by atoms with Crippen LogP contribution in [-0.2, 0) is 6.54 Å². The molecule has 84 valence electrons. The molecule has 0 atom stereocenters. The SMILES string of the molecule is CCNCc1cnc(-c2ncccc2C)[nH]1. The molecule has 0 aliphatic heterocycles. The molecule has 2 aromatic rings. The van der Waals surface area contributed by atoms with E-state index in [1.165, 1.54) is 0 Å². The van der Waals surface area contributed by atoms with Gasteiger partial charge in [-0.25, -0.2) is 4.98 Å². The van der Waals surface area contributed by atoms with Gasteiger partial charge in [-0.15, -0.1) is 0 Å². The molecule has 0 unspecified atom stereocenters. The van der Waals surface area contributed by atoms with Crippen LogP contribution in [0.2, 0.25) is 0 Å². The minimum absolute atomic E-state index is 0.815. The van der Waals surface area contributed by atoms with Crippen molar-refractivity contribution in [2.45, 2.75) is 20.4 Å². The number of aromatic amines is 1. The minimum Gasteiger partial charge on any atom is -0.339 e. The van der Waals surface area contributed by atoms with E-state index in [0.29, 0.717) is 0 Å². The van der Waals surface area contributed by atoms with Crippen molar-refractivity contribution in [1.82, 2.24) is 20.3 Å². The summed E-state index contributed by atoms with van der Waals surface area (Å²) in [7, 11) is 0. The summed E-state index contributed by atoms with van der Waals surface area (Å²) >= 11 is 0. The first kappa shape index (κ1) is 10.8. The minimum atomic E-state index is 0.815. The lowest BCUT2D eigenvalue weighted by atomic mass is 10.2. The Morgan fingerprint density at radius 2 is 2.25 bits per heavy atom. The molecular weight excluding hydrogens is 200 g/mol. The molecule has 4 nitrogen and oxygen atoms in total. The maximum Gasteiger partial charge on any atom is 0.156 e. The highest BCUT2D eigenvalue weighted by Gasteiger charge is 2.06. The first-order valence-corrected chi connectivity index (χ1v) is 5.48. The molecule has 0 radical (unpaired) electrons. The highest BCUT2D eigenvalue weighted by molar-refractivity contribution is 5.54. The van der Waals surface area contributed by atoms with Crippen molar-refractivity contribution in [3.05, 3.63) is 35.8 Å². The molecule has 0 aliphatic rings. The van der Waals surface area contributed by atoms with E-state index in [0.717, 1.165) is 35.9 Å². The molecule has 2 rings (SSSR count). The van der Waals surface area contributed by atoms with E-state index in [4.69, 9.17) is 0 Å². The largest absolute Gasteiger partial charge is 0.339 e. The first-order chi connectivity index (χ1) is 7.81. The summed E-state index contributed by atoms with van der Waals surface area (Å²) in [5.41, 5.74) is 3.14. The number of hydrogen-bond donors (Lipinski definition) is 2. The lowest BCUT2D eigenvalue weighted by molar-refractivity contribution is 0.714. The fourth-order valence-electron chi connectivity index (χ4n) is 1.56. The Hall–Kier alpha value is -1.68. The van der Waals surface area contributed by atoms with Gasteiger partial charge in [0.1, 0.15) is 5.69 Å². The van der Waals surface area contributed by atoms with Crippen molar-refractivity contribution in [3.63, 3.8) is 0 Å². The fraction of sp³-hybridized carbons (Fsp3) is 0.333. The van der Waals surface area contributed by atoms with E-state index in [9.17, 15) is 0 Å². The molecule has 0 saturated carbocycles. The zero-order chi connectivity index (χ0) is 11.4. The second kappa shape index (κ2) is 4.90. The molecule has 2 aromatic heterocycles. The molecular formula is C12H16N4. The van der Waals surface area contributed by atoms with Crippen LogP contribution in [0.3, 0.4) is 0 Å². The molecule has 0 bridgehead atoms. The van der Waals surface area contributed by atoms with Crippen molar-refractivity contribution in [1.29, 1.82) is 0 Å². The average molecular weight is 216 g/mol. The number of imidazole rings is 1. The summed E-state index contributed by atoms with van der Waals surface area (Å²) < 4.78 is 0. The number of aryl methyl sites for hydroxylation is 1. The number of nitrogens with zero attached hydrogens (tertiary/aromatic N) is 2. The Kier molecular flexibility index (Phi) is 3.31. The summed E-state index contributed by atoms with van der Waals surface area (Å²) in [5, 5.41) is 3.25. The molecule has 0 spiro atoms. The van der Waals surface area contributed by atoms with Crippen LogP contribution in [0.5, 0.6) is 0 Å². The third kappa shape index (κ3) is 2.28. The van der Waals surface area contributed by atoms with Crippen LogP contribution in [0.1, 0.15) is 18.2 Å². The molecule has 2 heterocycles. The highest BCUT2D eigenvalue weighted by atomic mass is 15.0. The summed E-state index contributed by atoms with van der Waals surface area (Å²) in [5.74, 6) is 0.839. The zero-order valence-electron chi connectivity index (χ0n) is 9.62. The summed E-state index contributed by atoms with van der Waals surface area (Å²) in [6, 6.07) is 3.97. The molecule has 0 aliphatic carbocycles. The summed E-state index contributed by atoms with van der Waals surface area (Å²) in [6.45, 7) is 5.89. The van der Waals surface area contributed by atoms with Gasteiger partial charge in [0.05, 0.1) is 6.20 Å². The van der Waals surface area contributed by atoms with Gasteiger partial charge < -0.3 is 10.3 Å². The summed E-state index contributed by atoms with van der Waals surface area (Å²) in [6.07, 6.45) is 3.64. The number of hydrogen-bond acceptors (Lipinski definition) is 3. The van der Waals surface area contributed by atoms with Gasteiger partial charge in [0.2, 0.25) is 0 Å². The second-order valence-corrected chi connectivity index (χ2v) is 3.71. The van der Waals surface area contributed by atoms with Gasteiger partial charge in [0.15, 0.2) is 5.82 Å². The Morgan fingerprint density at radius 1 is 1.38 bits per heavy atom. The third-order valence-corrected chi connectivity index (χ3v) is 2.43. The van der Waals surface area contributed by atoms with Gasteiger partial charge in [-0.05, 0) is 25.1 Å². The van der Waals surface area contributed by atoms with Crippen LogP contribution < -0.4 is 5.32 Å². The number of H-pyrrole nitrogens is 1. The monoisotopic (exact) mass is 216 g/mol. The topological polar surface area (TPSA) is 53.6 Å². The van der Waals surface area contributed by atoms with Gasteiger partial charge in [-0.2, -0.15) is 0 Å². The predicted molar refractivity (Wildman–Crippen MR) is 63.9 cm³/mol. The van der Waals surface area contributed by atoms with Crippen molar-refractivity contribution in [2.24, 2.45) is 0 Å². The van der Waals surface area contributed by atoms with Crippen molar-refractivity contribution < 1.29 is 0 Å². The van der Waals surface area contributed by atoms with E-state index in [1.54, 1.807) is 6.20 Å². The smallest absolute Gasteiger partial charge is 0.156 e. The van der Waals surface area contributed by atoms with Crippen LogP contribution in [0, 0.1) is 6.92 Å². The lowest BCUT2D eigenvalue weighted by Crippen LogP contribution is -2.11. The van der Waals surface area contributed by atoms with E-state index in [2.05, 4.69) is 27.2 Å². The first-order valence-electron chi connectivity index (χ1n) is 5.48.